The average Bonchev–Trinajstić information content (AvgIpc) is 3.05. The summed E-state index contributed by atoms with van der Waals surface area (Å²) < 4.78 is 0. The summed E-state index contributed by atoms with van der Waals surface area (Å²) in [5.74, 6) is 0.815. The Morgan fingerprint density at radius 1 is 1.24 bits per heavy atom. The molecule has 2 heterocycles. The van der Waals surface area contributed by atoms with Crippen LogP contribution in [-0.4, -0.2) is 27.2 Å². The molecule has 0 radical (unpaired) electrons. The molecule has 1 aliphatic carbocycles. The molecule has 0 spiro atoms. The predicted molar refractivity (Wildman–Crippen MR) is 81.5 cm³/mol. The number of anilines is 1. The van der Waals surface area contributed by atoms with Crippen LogP contribution in [0.2, 0.25) is 0 Å². The minimum Gasteiger partial charge on any atom is -0.340 e. The van der Waals surface area contributed by atoms with Crippen LogP contribution in [0, 0.1) is 0 Å². The molecule has 0 atom stereocenters. The second-order valence-corrected chi connectivity index (χ2v) is 5.16. The number of nitrogens with one attached hydrogen (secondary N) is 1. The van der Waals surface area contributed by atoms with Gasteiger partial charge in [0.25, 0.3) is 0 Å². The van der Waals surface area contributed by atoms with Gasteiger partial charge in [-0.2, -0.15) is 0 Å². The van der Waals surface area contributed by atoms with Crippen LogP contribution >= 0.6 is 0 Å². The summed E-state index contributed by atoms with van der Waals surface area (Å²) in [4.78, 5) is 2.36. The largest absolute Gasteiger partial charge is 0.340 e. The second kappa shape index (κ2) is 5.01. The van der Waals surface area contributed by atoms with Crippen molar-refractivity contribution < 1.29 is 0 Å². The van der Waals surface area contributed by atoms with Gasteiger partial charge in [-0.1, -0.05) is 30.4 Å². The quantitative estimate of drug-likeness (QED) is 0.936. The first-order valence-electron chi connectivity index (χ1n) is 7.09. The molecular formula is C16H15N5. The first kappa shape index (κ1) is 12.1. The molecule has 2 aliphatic rings. The number of tetrazole rings is 1. The average molecular weight is 277 g/mol. The highest BCUT2D eigenvalue weighted by Crippen LogP contribution is 2.37. The highest BCUT2D eigenvalue weighted by atomic mass is 15.5. The minimum absolute atomic E-state index is 0.787. The molecule has 5 heteroatoms. The Hall–Kier alpha value is -2.69. The number of aromatic amines is 1. The minimum atomic E-state index is 0.787. The number of para-hydroxylation sites is 1. The Labute approximate surface area is 122 Å². The summed E-state index contributed by atoms with van der Waals surface area (Å²) >= 11 is 0. The fourth-order valence-corrected chi connectivity index (χ4v) is 2.88. The molecule has 1 aromatic heterocycles. The maximum absolute atomic E-state index is 3.97. The van der Waals surface area contributed by atoms with Crippen LogP contribution in [0.15, 0.2) is 53.8 Å². The summed E-state index contributed by atoms with van der Waals surface area (Å²) in [5.41, 5.74) is 5.17. The van der Waals surface area contributed by atoms with Gasteiger partial charge in [0.1, 0.15) is 5.82 Å². The Kier molecular flexibility index (Phi) is 2.88. The lowest BCUT2D eigenvalue weighted by Crippen LogP contribution is -2.29. The van der Waals surface area contributed by atoms with Crippen molar-refractivity contribution in [2.45, 2.75) is 12.8 Å². The molecule has 0 amide bonds. The molecule has 0 saturated carbocycles. The molecule has 1 N–H and O–H groups in total. The molecule has 0 unspecified atom stereocenters. The van der Waals surface area contributed by atoms with Crippen LogP contribution in [0.25, 0.3) is 6.08 Å². The third-order valence-electron chi connectivity index (χ3n) is 3.87. The lowest BCUT2D eigenvalue weighted by Gasteiger charge is -2.34. The molecule has 4 rings (SSSR count). The van der Waals surface area contributed by atoms with Gasteiger partial charge in [-0.05, 0) is 46.2 Å². The first-order chi connectivity index (χ1) is 10.4. The fraction of sp³-hybridized carbons (Fsp3) is 0.188. The van der Waals surface area contributed by atoms with Crippen molar-refractivity contribution in [1.82, 2.24) is 20.6 Å². The molecule has 1 aliphatic heterocycles. The van der Waals surface area contributed by atoms with Gasteiger partial charge < -0.3 is 4.90 Å². The van der Waals surface area contributed by atoms with E-state index in [0.717, 1.165) is 25.2 Å². The van der Waals surface area contributed by atoms with E-state index in [4.69, 9.17) is 0 Å². The van der Waals surface area contributed by atoms with Crippen molar-refractivity contribution >= 4 is 11.8 Å². The normalized spacial score (nSPS) is 16.1. The highest BCUT2D eigenvalue weighted by molar-refractivity contribution is 5.80. The number of benzene rings is 1. The topological polar surface area (TPSA) is 57.7 Å². The number of aromatic nitrogens is 4. The molecule has 2 aromatic rings. The predicted octanol–water partition coefficient (Wildman–Crippen LogP) is 2.49. The van der Waals surface area contributed by atoms with E-state index in [1.807, 2.05) is 0 Å². The summed E-state index contributed by atoms with van der Waals surface area (Å²) in [6.45, 7) is 0.852. The Morgan fingerprint density at radius 2 is 2.19 bits per heavy atom. The summed E-state index contributed by atoms with van der Waals surface area (Å²) in [6, 6.07) is 8.50. The summed E-state index contributed by atoms with van der Waals surface area (Å²) in [5, 5.41) is 14.1. The first-order valence-corrected chi connectivity index (χ1v) is 7.09. The van der Waals surface area contributed by atoms with Crippen molar-refractivity contribution in [3.05, 3.63) is 65.2 Å². The van der Waals surface area contributed by atoms with Crippen LogP contribution in [0.3, 0.4) is 0 Å². The maximum atomic E-state index is 3.97. The number of H-pyrrole nitrogens is 1. The van der Waals surface area contributed by atoms with Crippen LogP contribution in [0.5, 0.6) is 0 Å². The number of allylic oxidation sites excluding steroid dienone is 4. The molecule has 0 saturated heterocycles. The van der Waals surface area contributed by atoms with E-state index in [1.165, 1.54) is 22.5 Å². The van der Waals surface area contributed by atoms with Crippen LogP contribution in [-0.2, 0) is 6.42 Å². The number of fused-ring (bicyclic) bond motifs is 2. The third-order valence-corrected chi connectivity index (χ3v) is 3.87. The van der Waals surface area contributed by atoms with E-state index in [2.05, 4.69) is 74.1 Å². The van der Waals surface area contributed by atoms with E-state index >= 15 is 0 Å². The standard InChI is InChI=1S/C16H15N5/c1-3-7-14-12(5-1)11-13-6-2-4-8-15(13)21(14)10-9-16-17-19-20-18-16/h1-5,7-8,11H,6,9-10H2,(H,17,18,19,20). The van der Waals surface area contributed by atoms with Crippen molar-refractivity contribution in [2.75, 3.05) is 11.4 Å². The Balaban J connectivity index is 1.70. The van der Waals surface area contributed by atoms with Gasteiger partial charge in [0.05, 0.1) is 0 Å². The number of hydrogen-bond acceptors (Lipinski definition) is 4. The summed E-state index contributed by atoms with van der Waals surface area (Å²) in [6.07, 6.45) is 10.6. The van der Waals surface area contributed by atoms with Crippen molar-refractivity contribution in [1.29, 1.82) is 0 Å². The van der Waals surface area contributed by atoms with Crippen LogP contribution in [0.4, 0.5) is 5.69 Å². The van der Waals surface area contributed by atoms with Crippen molar-refractivity contribution in [3.63, 3.8) is 0 Å². The fourth-order valence-electron chi connectivity index (χ4n) is 2.88. The lowest BCUT2D eigenvalue weighted by molar-refractivity contribution is 0.815. The van der Waals surface area contributed by atoms with Gasteiger partial charge in [-0.25, -0.2) is 5.10 Å². The van der Waals surface area contributed by atoms with E-state index in [1.54, 1.807) is 0 Å². The van der Waals surface area contributed by atoms with E-state index in [-0.39, 0.29) is 0 Å². The zero-order valence-electron chi connectivity index (χ0n) is 11.5. The Bertz CT molecular complexity index is 740. The van der Waals surface area contributed by atoms with Crippen molar-refractivity contribution in [3.8, 4) is 0 Å². The van der Waals surface area contributed by atoms with Gasteiger partial charge in [-0.15, -0.1) is 5.10 Å². The molecular weight excluding hydrogens is 262 g/mol. The van der Waals surface area contributed by atoms with Gasteiger partial charge >= 0.3 is 0 Å². The van der Waals surface area contributed by atoms with Crippen LogP contribution < -0.4 is 4.90 Å². The number of hydrogen-bond donors (Lipinski definition) is 1. The molecule has 5 nitrogen and oxygen atoms in total. The third kappa shape index (κ3) is 2.16. The monoisotopic (exact) mass is 277 g/mol. The number of nitrogens with zero attached hydrogens (tertiary/aromatic N) is 4. The molecule has 0 bridgehead atoms. The van der Waals surface area contributed by atoms with Gasteiger partial charge in [0, 0.05) is 24.4 Å². The van der Waals surface area contributed by atoms with E-state index < -0.39 is 0 Å². The van der Waals surface area contributed by atoms with Gasteiger partial charge in [0.2, 0.25) is 0 Å². The molecule has 104 valence electrons. The molecule has 21 heavy (non-hydrogen) atoms. The van der Waals surface area contributed by atoms with E-state index in [0.29, 0.717) is 0 Å². The molecule has 1 aromatic carbocycles. The molecule has 0 fully saturated rings. The van der Waals surface area contributed by atoms with E-state index in [9.17, 15) is 0 Å². The van der Waals surface area contributed by atoms with Gasteiger partial charge in [-0.3, -0.25) is 0 Å². The van der Waals surface area contributed by atoms with Gasteiger partial charge in [0.15, 0.2) is 0 Å². The smallest absolute Gasteiger partial charge is 0.150 e. The SMILES string of the molecule is C1=CCC2=Cc3ccccc3N(CCc3nnn[nH]3)C2=C1. The lowest BCUT2D eigenvalue weighted by atomic mass is 9.94. The maximum Gasteiger partial charge on any atom is 0.150 e. The van der Waals surface area contributed by atoms with Crippen molar-refractivity contribution in [2.24, 2.45) is 0 Å². The number of rotatable bonds is 3. The Morgan fingerprint density at radius 3 is 3.10 bits per heavy atom. The second-order valence-electron chi connectivity index (χ2n) is 5.16. The zero-order chi connectivity index (χ0) is 14.1. The highest BCUT2D eigenvalue weighted by Gasteiger charge is 2.23. The van der Waals surface area contributed by atoms with Crippen LogP contribution in [0.1, 0.15) is 17.8 Å². The summed E-state index contributed by atoms with van der Waals surface area (Å²) in [7, 11) is 0. The zero-order valence-corrected chi connectivity index (χ0v) is 11.5.